The molecule has 2 heterocycles. The van der Waals surface area contributed by atoms with Crippen molar-refractivity contribution >= 4 is 10.1 Å². The lowest BCUT2D eigenvalue weighted by Crippen LogP contribution is -2.38. The normalized spacial score (nSPS) is 21.9. The molecule has 0 aromatic heterocycles. The van der Waals surface area contributed by atoms with Crippen molar-refractivity contribution in [2.75, 3.05) is 0 Å². The maximum Gasteiger partial charge on any atom is 0.299 e. The SMILES string of the molecule is C.CCC(F)(F)C1OCc2ccc(cc2)S(=O)(=O)O1. The molecule has 0 radical (unpaired) electrons. The van der Waals surface area contributed by atoms with Crippen molar-refractivity contribution in [1.29, 1.82) is 0 Å². The van der Waals surface area contributed by atoms with Gasteiger partial charge in [0.2, 0.25) is 6.29 Å². The average molecular weight is 294 g/mol. The molecule has 0 amide bonds. The van der Waals surface area contributed by atoms with Crippen molar-refractivity contribution in [3.05, 3.63) is 29.8 Å². The molecule has 2 aliphatic heterocycles. The number of halogens is 2. The molecule has 2 aliphatic rings. The van der Waals surface area contributed by atoms with Gasteiger partial charge >= 0.3 is 0 Å². The van der Waals surface area contributed by atoms with E-state index >= 15 is 0 Å². The first-order valence-electron chi connectivity index (χ1n) is 5.37. The molecule has 108 valence electrons. The van der Waals surface area contributed by atoms with Gasteiger partial charge in [0.25, 0.3) is 16.0 Å². The van der Waals surface area contributed by atoms with E-state index in [1.165, 1.54) is 31.2 Å². The van der Waals surface area contributed by atoms with E-state index < -0.39 is 28.8 Å². The van der Waals surface area contributed by atoms with Crippen LogP contribution >= 0.6 is 0 Å². The fourth-order valence-electron chi connectivity index (χ4n) is 1.48. The molecule has 0 spiro atoms. The van der Waals surface area contributed by atoms with Gasteiger partial charge in [-0.1, -0.05) is 26.5 Å². The minimum absolute atomic E-state index is 0. The van der Waals surface area contributed by atoms with Gasteiger partial charge in [0, 0.05) is 6.42 Å². The van der Waals surface area contributed by atoms with Crippen LogP contribution in [0.5, 0.6) is 0 Å². The minimum Gasteiger partial charge on any atom is -0.342 e. The van der Waals surface area contributed by atoms with Crippen LogP contribution in [0.1, 0.15) is 26.3 Å². The summed E-state index contributed by atoms with van der Waals surface area (Å²) in [7, 11) is -4.24. The van der Waals surface area contributed by atoms with Crippen LogP contribution in [0, 0.1) is 0 Å². The number of alkyl halides is 2. The van der Waals surface area contributed by atoms with Crippen LogP contribution in [0.25, 0.3) is 0 Å². The zero-order valence-corrected chi connectivity index (χ0v) is 10.4. The molecule has 1 aromatic carbocycles. The van der Waals surface area contributed by atoms with Crippen molar-refractivity contribution in [1.82, 2.24) is 0 Å². The second-order valence-electron chi connectivity index (χ2n) is 3.95. The number of hydrogen-bond acceptors (Lipinski definition) is 4. The van der Waals surface area contributed by atoms with Crippen LogP contribution in [-0.2, 0) is 25.6 Å². The summed E-state index contributed by atoms with van der Waals surface area (Å²) >= 11 is 0. The van der Waals surface area contributed by atoms with Crippen LogP contribution < -0.4 is 0 Å². The van der Waals surface area contributed by atoms with Gasteiger partial charge in [0.15, 0.2) is 0 Å². The summed E-state index contributed by atoms with van der Waals surface area (Å²) in [6, 6.07) is 5.62. The van der Waals surface area contributed by atoms with Crippen LogP contribution in [-0.4, -0.2) is 20.6 Å². The molecule has 0 fully saturated rings. The Morgan fingerprint density at radius 3 is 2.42 bits per heavy atom. The first kappa shape index (κ1) is 16.0. The Balaban J connectivity index is 0.00000180. The minimum atomic E-state index is -4.24. The number of ether oxygens (including phenoxy) is 1. The largest absolute Gasteiger partial charge is 0.342 e. The van der Waals surface area contributed by atoms with Gasteiger partial charge in [-0.25, -0.2) is 13.0 Å². The standard InChI is InChI=1S/C11H12F2O4S.CH4/c1-2-11(12,13)10-16-7-8-3-5-9(6-4-8)18(14,15)17-10;/h3-6,10H,2,7H2,1H3;1H4. The van der Waals surface area contributed by atoms with E-state index in [0.717, 1.165) is 0 Å². The number of rotatable bonds is 2. The van der Waals surface area contributed by atoms with Gasteiger partial charge < -0.3 is 4.74 Å². The van der Waals surface area contributed by atoms with Gasteiger partial charge in [-0.05, 0) is 17.7 Å². The summed E-state index contributed by atoms with van der Waals surface area (Å²) in [5.41, 5.74) is 0.608. The summed E-state index contributed by atoms with van der Waals surface area (Å²) in [6.07, 6.45) is -2.67. The molecule has 0 saturated heterocycles. The van der Waals surface area contributed by atoms with E-state index in [2.05, 4.69) is 4.18 Å². The molecule has 4 nitrogen and oxygen atoms in total. The second-order valence-corrected chi connectivity index (χ2v) is 5.52. The molecule has 1 aromatic rings. The van der Waals surface area contributed by atoms with Gasteiger partial charge in [-0.2, -0.15) is 8.42 Å². The molecule has 7 heteroatoms. The van der Waals surface area contributed by atoms with Gasteiger partial charge in [0.1, 0.15) is 0 Å². The highest BCUT2D eigenvalue weighted by molar-refractivity contribution is 7.86. The van der Waals surface area contributed by atoms with Crippen LogP contribution in [0.15, 0.2) is 29.2 Å². The highest BCUT2D eigenvalue weighted by Gasteiger charge is 2.43. The van der Waals surface area contributed by atoms with E-state index in [1.54, 1.807) is 0 Å². The van der Waals surface area contributed by atoms with Crippen molar-refractivity contribution in [3.8, 4) is 0 Å². The Bertz CT molecular complexity index is 525. The lowest BCUT2D eigenvalue weighted by atomic mass is 10.2. The Hall–Kier alpha value is -1.05. The Labute approximate surface area is 111 Å². The van der Waals surface area contributed by atoms with Gasteiger partial charge in [-0.15, -0.1) is 0 Å². The average Bonchev–Trinajstić information content (AvgIpc) is 2.43. The molecule has 1 unspecified atom stereocenters. The van der Waals surface area contributed by atoms with E-state index in [4.69, 9.17) is 4.74 Å². The molecule has 2 bridgehead atoms. The lowest BCUT2D eigenvalue weighted by molar-refractivity contribution is -0.224. The van der Waals surface area contributed by atoms with E-state index in [-0.39, 0.29) is 18.9 Å². The quantitative estimate of drug-likeness (QED) is 0.787. The zero-order valence-electron chi connectivity index (χ0n) is 9.60. The second kappa shape index (κ2) is 5.52. The van der Waals surface area contributed by atoms with Crippen LogP contribution in [0.3, 0.4) is 0 Å². The predicted molar refractivity (Wildman–Crippen MR) is 65.3 cm³/mol. The monoisotopic (exact) mass is 294 g/mol. The number of hydrogen-bond donors (Lipinski definition) is 0. The molecule has 0 saturated carbocycles. The third-order valence-corrected chi connectivity index (χ3v) is 3.92. The number of benzene rings is 1. The highest BCUT2D eigenvalue weighted by Crippen LogP contribution is 2.31. The first-order valence-corrected chi connectivity index (χ1v) is 6.77. The smallest absolute Gasteiger partial charge is 0.299 e. The predicted octanol–water partition coefficient (Wildman–Crippen LogP) is 2.93. The molecule has 0 aliphatic carbocycles. The Morgan fingerprint density at radius 2 is 1.89 bits per heavy atom. The highest BCUT2D eigenvalue weighted by atomic mass is 32.2. The third kappa shape index (κ3) is 3.29. The maximum atomic E-state index is 13.5. The topological polar surface area (TPSA) is 52.6 Å². The van der Waals surface area contributed by atoms with Crippen LogP contribution in [0.2, 0.25) is 0 Å². The molecule has 1 atom stereocenters. The van der Waals surface area contributed by atoms with Crippen molar-refractivity contribution < 1.29 is 26.1 Å². The summed E-state index contributed by atoms with van der Waals surface area (Å²) in [5, 5.41) is 0. The van der Waals surface area contributed by atoms with Crippen molar-refractivity contribution in [2.24, 2.45) is 0 Å². The summed E-state index contributed by atoms with van der Waals surface area (Å²) in [6.45, 7) is 1.10. The van der Waals surface area contributed by atoms with Gasteiger partial charge in [0.05, 0.1) is 11.5 Å². The summed E-state index contributed by atoms with van der Waals surface area (Å²) in [4.78, 5) is -0.159. The molecular formula is C12H16F2O4S. The fourth-order valence-corrected chi connectivity index (χ4v) is 2.49. The van der Waals surface area contributed by atoms with E-state index in [9.17, 15) is 17.2 Å². The number of fused-ring (bicyclic) bond motifs is 6. The third-order valence-electron chi connectivity index (χ3n) is 2.64. The molecular weight excluding hydrogens is 278 g/mol. The molecule has 0 N–H and O–H groups in total. The summed E-state index contributed by atoms with van der Waals surface area (Å²) < 4.78 is 59.9. The van der Waals surface area contributed by atoms with Crippen LogP contribution in [0.4, 0.5) is 8.78 Å². The van der Waals surface area contributed by atoms with E-state index in [1.807, 2.05) is 0 Å². The molecule has 19 heavy (non-hydrogen) atoms. The van der Waals surface area contributed by atoms with E-state index in [0.29, 0.717) is 5.56 Å². The summed E-state index contributed by atoms with van der Waals surface area (Å²) in [5.74, 6) is -3.36. The molecule has 3 rings (SSSR count). The lowest BCUT2D eigenvalue weighted by Gasteiger charge is -2.24. The first-order chi connectivity index (χ1) is 8.35. The van der Waals surface area contributed by atoms with Gasteiger partial charge in [-0.3, -0.25) is 0 Å². The fraction of sp³-hybridized carbons (Fsp3) is 0.500. The van der Waals surface area contributed by atoms with Crippen molar-refractivity contribution in [2.45, 2.75) is 44.5 Å². The Morgan fingerprint density at radius 1 is 1.32 bits per heavy atom. The zero-order chi connectivity index (χ0) is 13.4. The Kier molecular flexibility index (Phi) is 4.65. The van der Waals surface area contributed by atoms with Crippen molar-refractivity contribution in [3.63, 3.8) is 0 Å². The maximum absolute atomic E-state index is 13.5.